The first-order valence-electron chi connectivity index (χ1n) is 8.45. The van der Waals surface area contributed by atoms with E-state index in [1.807, 2.05) is 13.8 Å². The third-order valence-corrected chi connectivity index (χ3v) is 7.50. The number of piperidine rings is 1. The average Bonchev–Trinajstić information content (AvgIpc) is 2.58. The van der Waals surface area contributed by atoms with Crippen molar-refractivity contribution in [3.05, 3.63) is 33.8 Å². The fourth-order valence-electron chi connectivity index (χ4n) is 3.37. The van der Waals surface area contributed by atoms with Crippen LogP contribution in [-0.2, 0) is 13.8 Å². The highest BCUT2D eigenvalue weighted by atomic mass is 35.5. The first-order valence-corrected chi connectivity index (χ1v) is 10.7. The first kappa shape index (κ1) is 19.8. The van der Waals surface area contributed by atoms with Crippen molar-refractivity contribution in [2.75, 3.05) is 20.3 Å². The molecule has 2 unspecified atom stereocenters. The van der Waals surface area contributed by atoms with Gasteiger partial charge in [-0.25, -0.2) is 0 Å². The number of rotatable bonds is 3. The molecule has 2 aliphatic rings. The summed E-state index contributed by atoms with van der Waals surface area (Å²) in [6, 6.07) is 5.31. The van der Waals surface area contributed by atoms with Crippen LogP contribution in [0, 0.1) is 5.41 Å². The molecule has 1 aromatic carbocycles. The van der Waals surface area contributed by atoms with Crippen molar-refractivity contribution in [3.63, 3.8) is 0 Å². The molecular weight excluding hydrogens is 384 g/mol. The average molecular weight is 408 g/mol. The first-order chi connectivity index (χ1) is 11.8. The third kappa shape index (κ3) is 3.85. The molecule has 0 aliphatic carbocycles. The minimum absolute atomic E-state index is 0.275. The van der Waals surface area contributed by atoms with Crippen LogP contribution in [0.1, 0.15) is 44.8 Å². The van der Waals surface area contributed by atoms with Gasteiger partial charge in [-0.2, -0.15) is 9.05 Å². The molecule has 25 heavy (non-hydrogen) atoms. The zero-order valence-electron chi connectivity index (χ0n) is 14.7. The number of methoxy groups -OCH3 is 1. The predicted octanol–water partition coefficient (Wildman–Crippen LogP) is 4.60. The fraction of sp³-hybridized carbons (Fsp3) is 0.647. The molecule has 0 amide bonds. The molecule has 140 valence electrons. The zero-order chi connectivity index (χ0) is 18.2. The van der Waals surface area contributed by atoms with Gasteiger partial charge in [0.05, 0.1) is 0 Å². The van der Waals surface area contributed by atoms with Crippen molar-refractivity contribution < 1.29 is 18.7 Å². The van der Waals surface area contributed by atoms with Gasteiger partial charge in [-0.15, -0.1) is 4.67 Å². The molecule has 0 bridgehead atoms. The highest BCUT2D eigenvalue weighted by Gasteiger charge is 2.55. The Morgan fingerprint density at radius 1 is 1.28 bits per heavy atom. The van der Waals surface area contributed by atoms with E-state index in [2.05, 4.69) is 0 Å². The zero-order valence-corrected chi connectivity index (χ0v) is 17.1. The van der Waals surface area contributed by atoms with E-state index in [-0.39, 0.29) is 12.8 Å². The Hall–Kier alpha value is 0.0300. The van der Waals surface area contributed by atoms with Crippen molar-refractivity contribution in [2.24, 2.45) is 5.41 Å². The Labute approximate surface area is 159 Å². The summed E-state index contributed by atoms with van der Waals surface area (Å²) in [6.07, 6.45) is 1.95. The molecule has 0 aromatic heterocycles. The van der Waals surface area contributed by atoms with E-state index in [0.717, 1.165) is 19.3 Å². The normalized spacial score (nSPS) is 33.4. The van der Waals surface area contributed by atoms with E-state index in [0.29, 0.717) is 22.2 Å². The van der Waals surface area contributed by atoms with E-state index < -0.39 is 19.6 Å². The van der Waals surface area contributed by atoms with Crippen LogP contribution in [-0.4, -0.2) is 31.2 Å². The van der Waals surface area contributed by atoms with Crippen LogP contribution in [0.25, 0.3) is 0 Å². The second-order valence-corrected chi connectivity index (χ2v) is 9.93. The number of hydrogen-bond donors (Lipinski definition) is 0. The smallest absolute Gasteiger partial charge is 0.318 e. The molecule has 2 fully saturated rings. The van der Waals surface area contributed by atoms with Gasteiger partial charge in [0, 0.05) is 34.7 Å². The third-order valence-electron chi connectivity index (χ3n) is 4.82. The standard InChI is InChI=1S/C17H24Cl2NO4P/c1-17(2)11-23-25(21,20-10-5-4-9-14(20)22-3)24-16(17)15-12(18)7-6-8-13(15)19/h6-8,14,16H,4-5,9-11H2,1-3H3/t14?,16-,25?/m0/s1. The summed E-state index contributed by atoms with van der Waals surface area (Å²) in [5.41, 5.74) is 0.228. The lowest BCUT2D eigenvalue weighted by Gasteiger charge is -2.49. The highest BCUT2D eigenvalue weighted by molar-refractivity contribution is 7.56. The predicted molar refractivity (Wildman–Crippen MR) is 98.3 cm³/mol. The number of nitrogens with zero attached hydrogens (tertiary/aromatic N) is 1. The monoisotopic (exact) mass is 407 g/mol. The number of benzene rings is 1. The Balaban J connectivity index is 1.95. The quantitative estimate of drug-likeness (QED) is 0.685. The second-order valence-electron chi connectivity index (χ2n) is 7.20. The molecule has 3 rings (SSSR count). The van der Waals surface area contributed by atoms with Gasteiger partial charge >= 0.3 is 8.09 Å². The molecule has 0 radical (unpaired) electrons. The number of hydrogen-bond acceptors (Lipinski definition) is 5. The van der Waals surface area contributed by atoms with Crippen LogP contribution in [0.4, 0.5) is 0 Å². The van der Waals surface area contributed by atoms with Crippen molar-refractivity contribution in [1.29, 1.82) is 0 Å². The molecule has 8 heteroatoms. The summed E-state index contributed by atoms with van der Waals surface area (Å²) in [6.45, 7) is 4.87. The van der Waals surface area contributed by atoms with Gasteiger partial charge in [0.2, 0.25) is 0 Å². The Morgan fingerprint density at radius 2 is 1.96 bits per heavy atom. The molecule has 2 aliphatic heterocycles. The highest BCUT2D eigenvalue weighted by Crippen LogP contribution is 2.67. The second kappa shape index (κ2) is 7.57. The Bertz CT molecular complexity index is 612. The fourth-order valence-corrected chi connectivity index (χ4v) is 6.37. The van der Waals surface area contributed by atoms with Crippen LogP contribution in [0.3, 0.4) is 0 Å². The number of halogens is 2. The summed E-state index contributed by atoms with van der Waals surface area (Å²) in [4.78, 5) is 13.6. The molecule has 3 atom stereocenters. The van der Waals surface area contributed by atoms with Crippen LogP contribution in [0.15, 0.2) is 18.2 Å². The van der Waals surface area contributed by atoms with E-state index in [9.17, 15) is 4.89 Å². The molecule has 5 nitrogen and oxygen atoms in total. The van der Waals surface area contributed by atoms with E-state index >= 15 is 0 Å². The molecular formula is C17H24Cl2NO4P. The maximum absolute atomic E-state index is 13.6. The molecule has 1 aromatic rings. The summed E-state index contributed by atoms with van der Waals surface area (Å²) in [7, 11) is -1.90. The van der Waals surface area contributed by atoms with E-state index in [1.54, 1.807) is 30.0 Å². The molecule has 2 saturated heterocycles. The van der Waals surface area contributed by atoms with Crippen LogP contribution >= 0.6 is 31.3 Å². The minimum atomic E-state index is -3.51. The van der Waals surface area contributed by atoms with E-state index in [1.165, 1.54) is 0 Å². The Morgan fingerprint density at radius 3 is 2.60 bits per heavy atom. The number of ether oxygens (including phenoxy) is 1. The van der Waals surface area contributed by atoms with Gasteiger partial charge in [0.25, 0.3) is 0 Å². The molecule has 0 spiro atoms. The largest absolute Gasteiger partial charge is 0.616 e. The van der Waals surface area contributed by atoms with Gasteiger partial charge in [-0.3, -0.25) is 0 Å². The van der Waals surface area contributed by atoms with Gasteiger partial charge in [0.1, 0.15) is 18.9 Å². The lowest BCUT2D eigenvalue weighted by atomic mass is 9.83. The van der Waals surface area contributed by atoms with E-state index in [4.69, 9.17) is 37.0 Å². The van der Waals surface area contributed by atoms with Crippen LogP contribution < -0.4 is 4.89 Å². The van der Waals surface area contributed by atoms with Crippen molar-refractivity contribution in [3.8, 4) is 0 Å². The van der Waals surface area contributed by atoms with Crippen molar-refractivity contribution >= 4 is 31.3 Å². The molecule has 0 saturated carbocycles. The van der Waals surface area contributed by atoms with Crippen molar-refractivity contribution in [1.82, 2.24) is 4.67 Å². The molecule has 2 heterocycles. The maximum atomic E-state index is 13.6. The molecule has 0 N–H and O–H groups in total. The minimum Gasteiger partial charge on any atom is -0.616 e. The van der Waals surface area contributed by atoms with Crippen molar-refractivity contribution in [2.45, 2.75) is 45.4 Å². The topological polar surface area (TPSA) is 54.0 Å². The summed E-state index contributed by atoms with van der Waals surface area (Å²) < 4.78 is 19.1. The van der Waals surface area contributed by atoms with Gasteiger partial charge in [0.15, 0.2) is 0 Å². The van der Waals surface area contributed by atoms with Crippen LogP contribution in [0.2, 0.25) is 10.0 Å². The maximum Gasteiger partial charge on any atom is 0.318 e. The summed E-state index contributed by atoms with van der Waals surface area (Å²) >= 11 is 12.8. The summed E-state index contributed by atoms with van der Waals surface area (Å²) in [5.74, 6) is 0. The summed E-state index contributed by atoms with van der Waals surface area (Å²) in [5, 5.41) is 1.00. The SMILES string of the molecule is COC1CCCCN1[P+]1([O-])OCC(C)(C)[C@H](c2c(Cl)cccc2Cl)O1. The lowest BCUT2D eigenvalue weighted by Crippen LogP contribution is -2.49. The lowest BCUT2D eigenvalue weighted by molar-refractivity contribution is -0.269. The van der Waals surface area contributed by atoms with Gasteiger partial charge < -0.3 is 9.63 Å². The Kier molecular flexibility index (Phi) is 5.99. The van der Waals surface area contributed by atoms with Gasteiger partial charge in [-0.1, -0.05) is 43.1 Å². The van der Waals surface area contributed by atoms with Gasteiger partial charge in [-0.05, 0) is 31.4 Å². The van der Waals surface area contributed by atoms with Crippen LogP contribution in [0.5, 0.6) is 0 Å².